The Kier molecular flexibility index (Phi) is 6.82. The lowest BCUT2D eigenvalue weighted by atomic mass is 10.1. The summed E-state index contributed by atoms with van der Waals surface area (Å²) >= 11 is 0. The lowest BCUT2D eigenvalue weighted by molar-refractivity contribution is -0.191. The number of fused-ring (bicyclic) bond motifs is 1. The monoisotopic (exact) mass is 260 g/mol. The molecule has 2 N–H and O–H groups in total. The predicted octanol–water partition coefficient (Wildman–Crippen LogP) is 1.23. The van der Waals surface area contributed by atoms with Crippen molar-refractivity contribution in [3.05, 3.63) is 0 Å². The first-order valence-corrected chi connectivity index (χ1v) is 5.93. The summed E-state index contributed by atoms with van der Waals surface area (Å²) < 4.78 is 16.5. The molecule has 0 amide bonds. The highest BCUT2D eigenvalue weighted by molar-refractivity contribution is 4.78. The van der Waals surface area contributed by atoms with Crippen molar-refractivity contribution in [1.82, 2.24) is 0 Å². The molecular weight excluding hydrogens is 236 g/mol. The zero-order valence-electron chi connectivity index (χ0n) is 11.5. The minimum absolute atomic E-state index is 0.112. The Balaban J connectivity index is 0.000000354. The third kappa shape index (κ3) is 7.64. The van der Waals surface area contributed by atoms with E-state index in [-0.39, 0.29) is 12.4 Å². The Morgan fingerprint density at radius 3 is 2.11 bits per heavy atom. The van der Waals surface area contributed by atoms with Gasteiger partial charge in [-0.05, 0) is 40.5 Å². The topological polar surface area (TPSA) is 68.2 Å². The molecule has 0 bridgehead atoms. The number of terminal acetylenes is 1. The van der Waals surface area contributed by atoms with Gasteiger partial charge in [-0.3, -0.25) is 0 Å². The summed E-state index contributed by atoms with van der Waals surface area (Å²) in [6.45, 7) is 7.25. The molecule has 0 aliphatic carbocycles. The second-order valence-corrected chi connectivity index (χ2v) is 5.05. The van der Waals surface area contributed by atoms with Crippen molar-refractivity contribution in [2.75, 3.05) is 6.61 Å². The van der Waals surface area contributed by atoms with Crippen LogP contribution in [0.5, 0.6) is 0 Å². The van der Waals surface area contributed by atoms with Crippen LogP contribution in [0.1, 0.15) is 40.5 Å². The summed E-state index contributed by atoms with van der Waals surface area (Å²) in [5, 5.41) is 16.2. The molecule has 2 rings (SSSR count). The normalized spacial score (nSPS) is 29.1. The Labute approximate surface area is 109 Å². The second-order valence-electron chi connectivity index (χ2n) is 5.05. The van der Waals surface area contributed by atoms with Gasteiger partial charge in [-0.2, -0.15) is 0 Å². The van der Waals surface area contributed by atoms with Crippen molar-refractivity contribution < 1.29 is 24.4 Å². The van der Waals surface area contributed by atoms with Crippen molar-refractivity contribution in [2.45, 2.75) is 64.5 Å². The van der Waals surface area contributed by atoms with Gasteiger partial charge in [-0.15, -0.1) is 12.8 Å². The summed E-state index contributed by atoms with van der Waals surface area (Å²) in [4.78, 5) is 0. The molecule has 0 radical (unpaired) electrons. The van der Waals surface area contributed by atoms with Gasteiger partial charge in [0.1, 0.15) is 6.10 Å². The minimum atomic E-state index is -1.50. The van der Waals surface area contributed by atoms with E-state index in [1.165, 1.54) is 13.8 Å². The number of hydrogen-bond donors (Lipinski definition) is 2. The molecule has 0 aromatic carbocycles. The largest absolute Gasteiger partial charge is 0.366 e. The van der Waals surface area contributed by atoms with Crippen LogP contribution in [0.25, 0.3) is 0 Å². The first-order chi connectivity index (χ1) is 8.17. The number of rotatable bonds is 0. The molecule has 2 heterocycles. The Bertz CT molecular complexity index is 232. The van der Waals surface area contributed by atoms with Gasteiger partial charge in [0.25, 0.3) is 0 Å². The van der Waals surface area contributed by atoms with E-state index in [1.54, 1.807) is 0 Å². The van der Waals surface area contributed by atoms with Gasteiger partial charge in [0.05, 0.1) is 0 Å². The molecule has 0 spiro atoms. The van der Waals surface area contributed by atoms with Crippen molar-refractivity contribution in [2.24, 2.45) is 0 Å². The maximum Gasteiger partial charge on any atom is 0.187 e. The van der Waals surface area contributed by atoms with Crippen LogP contribution < -0.4 is 0 Å². The van der Waals surface area contributed by atoms with Crippen LogP contribution in [-0.2, 0) is 14.2 Å². The zero-order valence-corrected chi connectivity index (χ0v) is 11.5. The average Bonchev–Trinajstić information content (AvgIpc) is 2.52. The summed E-state index contributed by atoms with van der Waals surface area (Å²) in [6, 6.07) is 0. The molecule has 2 atom stereocenters. The van der Waals surface area contributed by atoms with E-state index in [0.717, 1.165) is 19.4 Å². The van der Waals surface area contributed by atoms with Crippen molar-refractivity contribution in [3.8, 4) is 12.8 Å². The van der Waals surface area contributed by atoms with E-state index >= 15 is 0 Å². The van der Waals surface area contributed by atoms with Crippen molar-refractivity contribution >= 4 is 0 Å². The van der Waals surface area contributed by atoms with Crippen molar-refractivity contribution in [1.29, 1.82) is 0 Å². The van der Waals surface area contributed by atoms with Gasteiger partial charge in [-0.1, -0.05) is 0 Å². The molecule has 5 heteroatoms. The molecule has 106 valence electrons. The highest BCUT2D eigenvalue weighted by Gasteiger charge is 2.43. The third-order valence-electron chi connectivity index (χ3n) is 2.05. The van der Waals surface area contributed by atoms with Crippen LogP contribution >= 0.6 is 0 Å². The average molecular weight is 260 g/mol. The summed E-state index contributed by atoms with van der Waals surface area (Å²) in [6.07, 6.45) is 10.2. The zero-order chi connectivity index (χ0) is 14.4. The lowest BCUT2D eigenvalue weighted by Gasteiger charge is -2.21. The SMILES string of the molecule is C#C.CC(C)(O)O.CC1(C)OC2CCCOC2O1. The fourth-order valence-corrected chi connectivity index (χ4v) is 1.62. The van der Waals surface area contributed by atoms with Gasteiger partial charge >= 0.3 is 0 Å². The second kappa shape index (κ2) is 7.07. The van der Waals surface area contributed by atoms with Crippen LogP contribution in [-0.4, -0.2) is 40.8 Å². The third-order valence-corrected chi connectivity index (χ3v) is 2.05. The Morgan fingerprint density at radius 2 is 1.67 bits per heavy atom. The van der Waals surface area contributed by atoms with E-state index in [4.69, 9.17) is 24.4 Å². The molecular formula is C13H24O5. The fourth-order valence-electron chi connectivity index (χ4n) is 1.62. The van der Waals surface area contributed by atoms with E-state index < -0.39 is 11.6 Å². The van der Waals surface area contributed by atoms with Crippen LogP contribution in [0.4, 0.5) is 0 Å². The fraction of sp³-hybridized carbons (Fsp3) is 0.846. The predicted molar refractivity (Wildman–Crippen MR) is 67.4 cm³/mol. The van der Waals surface area contributed by atoms with Gasteiger partial charge in [0, 0.05) is 6.61 Å². The van der Waals surface area contributed by atoms with Crippen LogP contribution in [0.3, 0.4) is 0 Å². The molecule has 2 saturated heterocycles. The highest BCUT2D eigenvalue weighted by Crippen LogP contribution is 2.33. The number of ether oxygens (including phenoxy) is 3. The standard InChI is InChI=1S/C8H14O3.C3H8O2.C2H2/c1-8(2)10-6-4-3-5-9-7(6)11-8;1-3(2,4)5;1-2/h6-7H,3-5H2,1-2H3;4-5H,1-2H3;1-2H. The molecule has 2 fully saturated rings. The molecule has 0 aromatic rings. The molecule has 2 aliphatic heterocycles. The summed E-state index contributed by atoms with van der Waals surface area (Å²) in [7, 11) is 0. The van der Waals surface area contributed by atoms with Gasteiger partial charge in [0.15, 0.2) is 17.9 Å². The summed E-state index contributed by atoms with van der Waals surface area (Å²) in [5.41, 5.74) is 0. The van der Waals surface area contributed by atoms with E-state index in [2.05, 4.69) is 12.8 Å². The number of hydrogen-bond acceptors (Lipinski definition) is 5. The number of aliphatic hydroxyl groups is 2. The molecule has 2 aliphatic rings. The lowest BCUT2D eigenvalue weighted by Crippen LogP contribution is -2.30. The molecule has 18 heavy (non-hydrogen) atoms. The smallest absolute Gasteiger partial charge is 0.187 e. The van der Waals surface area contributed by atoms with Crippen LogP contribution in [0.15, 0.2) is 0 Å². The quantitative estimate of drug-likeness (QED) is 0.506. The summed E-state index contributed by atoms with van der Waals surface area (Å²) in [5.74, 6) is -1.94. The molecule has 2 unspecified atom stereocenters. The van der Waals surface area contributed by atoms with Gasteiger partial charge in [0.2, 0.25) is 0 Å². The maximum absolute atomic E-state index is 8.08. The highest BCUT2D eigenvalue weighted by atomic mass is 16.8. The molecule has 5 nitrogen and oxygen atoms in total. The minimum Gasteiger partial charge on any atom is -0.366 e. The Hall–Kier alpha value is -0.640. The van der Waals surface area contributed by atoms with E-state index in [0.29, 0.717) is 0 Å². The van der Waals surface area contributed by atoms with Gasteiger partial charge in [-0.25, -0.2) is 0 Å². The maximum atomic E-state index is 8.08. The van der Waals surface area contributed by atoms with Gasteiger partial charge < -0.3 is 24.4 Å². The first kappa shape index (κ1) is 17.4. The van der Waals surface area contributed by atoms with Crippen molar-refractivity contribution in [3.63, 3.8) is 0 Å². The Morgan fingerprint density at radius 1 is 1.17 bits per heavy atom. The first-order valence-electron chi connectivity index (χ1n) is 5.93. The van der Waals surface area contributed by atoms with Crippen LogP contribution in [0, 0.1) is 12.8 Å². The van der Waals surface area contributed by atoms with E-state index in [1.807, 2.05) is 13.8 Å². The van der Waals surface area contributed by atoms with Crippen LogP contribution in [0.2, 0.25) is 0 Å². The van der Waals surface area contributed by atoms with E-state index in [9.17, 15) is 0 Å². The molecule has 0 saturated carbocycles. The molecule has 0 aromatic heterocycles.